The summed E-state index contributed by atoms with van der Waals surface area (Å²) in [5.41, 5.74) is 1.77. The lowest BCUT2D eigenvalue weighted by molar-refractivity contribution is -0.145. The van der Waals surface area contributed by atoms with Crippen LogP contribution in [0, 0.1) is 0 Å². The van der Waals surface area contributed by atoms with Gasteiger partial charge in [0, 0.05) is 13.0 Å². The van der Waals surface area contributed by atoms with Crippen LogP contribution < -0.4 is 0 Å². The number of ether oxygens (including phenoxy) is 1. The number of carbonyl (C=O) groups is 3. The molecule has 2 aromatic rings. The first-order valence-electron chi connectivity index (χ1n) is 7.81. The Balaban J connectivity index is 1.46. The van der Waals surface area contributed by atoms with Crippen molar-refractivity contribution in [3.05, 3.63) is 71.3 Å². The van der Waals surface area contributed by atoms with Crippen molar-refractivity contribution in [3.63, 3.8) is 0 Å². The van der Waals surface area contributed by atoms with Gasteiger partial charge in [-0.05, 0) is 24.1 Å². The predicted octanol–water partition coefficient (Wildman–Crippen LogP) is 2.81. The summed E-state index contributed by atoms with van der Waals surface area (Å²) in [5.74, 6) is -0.933. The molecule has 1 aliphatic rings. The maximum Gasteiger partial charge on any atom is 0.306 e. The van der Waals surface area contributed by atoms with E-state index in [0.29, 0.717) is 17.5 Å². The zero-order valence-corrected chi connectivity index (χ0v) is 13.1. The monoisotopic (exact) mass is 323 g/mol. The quantitative estimate of drug-likeness (QED) is 0.606. The van der Waals surface area contributed by atoms with Crippen LogP contribution in [-0.4, -0.2) is 29.2 Å². The number of rotatable bonds is 6. The number of hydrogen-bond acceptors (Lipinski definition) is 4. The predicted molar refractivity (Wildman–Crippen MR) is 87.3 cm³/mol. The third kappa shape index (κ3) is 3.35. The number of benzene rings is 2. The minimum Gasteiger partial charge on any atom is -0.461 e. The fraction of sp³-hybridized carbons (Fsp3) is 0.211. The number of hydrogen-bond donors (Lipinski definition) is 0. The van der Waals surface area contributed by atoms with Crippen LogP contribution in [0.3, 0.4) is 0 Å². The fourth-order valence-corrected chi connectivity index (χ4v) is 2.63. The van der Waals surface area contributed by atoms with E-state index in [1.807, 2.05) is 30.3 Å². The first kappa shape index (κ1) is 15.9. The topological polar surface area (TPSA) is 63.7 Å². The minimum absolute atomic E-state index is 0.167. The van der Waals surface area contributed by atoms with Crippen molar-refractivity contribution in [1.29, 1.82) is 0 Å². The number of carbonyl (C=O) groups excluding carboxylic acids is 3. The van der Waals surface area contributed by atoms with Gasteiger partial charge in [0.1, 0.15) is 6.61 Å². The Morgan fingerprint density at radius 2 is 1.46 bits per heavy atom. The molecule has 0 fully saturated rings. The normalized spacial score (nSPS) is 13.1. The van der Waals surface area contributed by atoms with Crippen LogP contribution in [0.5, 0.6) is 0 Å². The number of esters is 1. The molecule has 0 saturated carbocycles. The molecule has 122 valence electrons. The highest BCUT2D eigenvalue weighted by Crippen LogP contribution is 2.22. The summed E-state index contributed by atoms with van der Waals surface area (Å²) in [5, 5.41) is 0. The molecule has 2 amide bonds. The smallest absolute Gasteiger partial charge is 0.306 e. The van der Waals surface area contributed by atoms with E-state index in [9.17, 15) is 14.4 Å². The SMILES string of the molecule is O=C(CCCN1C(=O)c2ccccc2C1=O)OCc1ccccc1. The molecule has 5 nitrogen and oxygen atoms in total. The minimum atomic E-state index is -0.338. The van der Waals surface area contributed by atoms with Crippen LogP contribution >= 0.6 is 0 Å². The molecule has 1 aliphatic heterocycles. The van der Waals surface area contributed by atoms with Gasteiger partial charge in [0.25, 0.3) is 11.8 Å². The van der Waals surface area contributed by atoms with Crippen LogP contribution in [0.4, 0.5) is 0 Å². The van der Waals surface area contributed by atoms with Crippen molar-refractivity contribution in [2.45, 2.75) is 19.4 Å². The van der Waals surface area contributed by atoms with Gasteiger partial charge in [-0.25, -0.2) is 0 Å². The molecular formula is C19H17NO4. The second-order valence-corrected chi connectivity index (χ2v) is 5.56. The van der Waals surface area contributed by atoms with Gasteiger partial charge >= 0.3 is 5.97 Å². The van der Waals surface area contributed by atoms with Crippen molar-refractivity contribution in [3.8, 4) is 0 Å². The summed E-state index contributed by atoms with van der Waals surface area (Å²) in [4.78, 5) is 37.3. The van der Waals surface area contributed by atoms with Crippen molar-refractivity contribution < 1.29 is 19.1 Å². The molecule has 3 rings (SSSR count). The van der Waals surface area contributed by atoms with Crippen molar-refractivity contribution in [1.82, 2.24) is 4.90 Å². The first-order chi connectivity index (χ1) is 11.7. The molecule has 0 aliphatic carbocycles. The summed E-state index contributed by atoms with van der Waals surface area (Å²) in [6, 6.07) is 16.2. The summed E-state index contributed by atoms with van der Waals surface area (Å²) in [6.45, 7) is 0.444. The van der Waals surface area contributed by atoms with E-state index < -0.39 is 0 Å². The molecule has 0 unspecified atom stereocenters. The van der Waals surface area contributed by atoms with E-state index >= 15 is 0 Å². The van der Waals surface area contributed by atoms with E-state index in [-0.39, 0.29) is 37.4 Å². The first-order valence-corrected chi connectivity index (χ1v) is 7.81. The fourth-order valence-electron chi connectivity index (χ4n) is 2.63. The molecule has 0 saturated heterocycles. The Hall–Kier alpha value is -2.95. The van der Waals surface area contributed by atoms with Gasteiger partial charge in [-0.15, -0.1) is 0 Å². The molecule has 0 N–H and O–H groups in total. The van der Waals surface area contributed by atoms with Gasteiger partial charge in [-0.3, -0.25) is 19.3 Å². The maximum atomic E-state index is 12.2. The zero-order chi connectivity index (χ0) is 16.9. The van der Waals surface area contributed by atoms with Crippen LogP contribution in [0.15, 0.2) is 54.6 Å². The van der Waals surface area contributed by atoms with Crippen LogP contribution in [0.2, 0.25) is 0 Å². The third-order valence-corrected chi connectivity index (χ3v) is 3.88. The van der Waals surface area contributed by atoms with Crippen LogP contribution in [0.25, 0.3) is 0 Å². The Bertz CT molecular complexity index is 735. The van der Waals surface area contributed by atoms with Crippen molar-refractivity contribution in [2.75, 3.05) is 6.54 Å². The van der Waals surface area contributed by atoms with Gasteiger partial charge in [0.15, 0.2) is 0 Å². The lowest BCUT2D eigenvalue weighted by Gasteiger charge is -2.13. The third-order valence-electron chi connectivity index (χ3n) is 3.88. The molecule has 2 aromatic carbocycles. The molecule has 0 atom stereocenters. The maximum absolute atomic E-state index is 12.2. The lowest BCUT2D eigenvalue weighted by atomic mass is 10.1. The van der Waals surface area contributed by atoms with E-state index in [1.165, 1.54) is 4.90 Å². The highest BCUT2D eigenvalue weighted by atomic mass is 16.5. The molecule has 0 radical (unpaired) electrons. The number of imide groups is 1. The summed E-state index contributed by atoms with van der Waals surface area (Å²) in [6.07, 6.45) is 0.555. The number of amides is 2. The lowest BCUT2D eigenvalue weighted by Crippen LogP contribution is -2.31. The van der Waals surface area contributed by atoms with Gasteiger partial charge in [0.05, 0.1) is 11.1 Å². The Kier molecular flexibility index (Phi) is 4.70. The number of fused-ring (bicyclic) bond motifs is 1. The summed E-state index contributed by atoms with van der Waals surface area (Å²) in [7, 11) is 0. The van der Waals surface area contributed by atoms with Crippen LogP contribution in [0.1, 0.15) is 39.1 Å². The second-order valence-electron chi connectivity index (χ2n) is 5.56. The van der Waals surface area contributed by atoms with Gasteiger partial charge in [0.2, 0.25) is 0 Å². The zero-order valence-electron chi connectivity index (χ0n) is 13.1. The van der Waals surface area contributed by atoms with E-state index in [4.69, 9.17) is 4.74 Å². The molecule has 0 bridgehead atoms. The molecule has 24 heavy (non-hydrogen) atoms. The average molecular weight is 323 g/mol. The summed E-state index contributed by atoms with van der Waals surface area (Å²) >= 11 is 0. The van der Waals surface area contributed by atoms with E-state index in [2.05, 4.69) is 0 Å². The van der Waals surface area contributed by atoms with Gasteiger partial charge < -0.3 is 4.74 Å². The van der Waals surface area contributed by atoms with E-state index in [1.54, 1.807) is 24.3 Å². The van der Waals surface area contributed by atoms with Crippen LogP contribution in [-0.2, 0) is 16.1 Å². The molecule has 0 spiro atoms. The molecule has 5 heteroatoms. The van der Waals surface area contributed by atoms with Gasteiger partial charge in [-0.1, -0.05) is 42.5 Å². The molecular weight excluding hydrogens is 306 g/mol. The second kappa shape index (κ2) is 7.08. The standard InChI is InChI=1S/C19H17NO4/c21-17(24-13-14-7-2-1-3-8-14)11-6-12-20-18(22)15-9-4-5-10-16(15)19(20)23/h1-5,7-10H,6,11-13H2. The average Bonchev–Trinajstić information content (AvgIpc) is 2.86. The largest absolute Gasteiger partial charge is 0.461 e. The summed E-state index contributed by atoms with van der Waals surface area (Å²) < 4.78 is 5.18. The highest BCUT2D eigenvalue weighted by molar-refractivity contribution is 6.21. The Morgan fingerprint density at radius 3 is 2.08 bits per heavy atom. The van der Waals surface area contributed by atoms with Gasteiger partial charge in [-0.2, -0.15) is 0 Å². The molecule has 0 aromatic heterocycles. The van der Waals surface area contributed by atoms with Crippen molar-refractivity contribution in [2.24, 2.45) is 0 Å². The van der Waals surface area contributed by atoms with Crippen molar-refractivity contribution >= 4 is 17.8 Å². The number of nitrogens with zero attached hydrogens (tertiary/aromatic N) is 1. The Morgan fingerprint density at radius 1 is 0.875 bits per heavy atom. The molecule has 1 heterocycles. The highest BCUT2D eigenvalue weighted by Gasteiger charge is 2.34. The van der Waals surface area contributed by atoms with E-state index in [0.717, 1.165) is 5.56 Å². The Labute approximate surface area is 139 Å².